The van der Waals surface area contributed by atoms with E-state index in [-0.39, 0.29) is 24.1 Å². The van der Waals surface area contributed by atoms with Crippen molar-refractivity contribution in [1.82, 2.24) is 24.6 Å². The fourth-order valence-corrected chi connectivity index (χ4v) is 4.89. The van der Waals surface area contributed by atoms with Gasteiger partial charge >= 0.3 is 0 Å². The van der Waals surface area contributed by atoms with Gasteiger partial charge in [-0.05, 0) is 49.4 Å². The van der Waals surface area contributed by atoms with Crippen molar-refractivity contribution >= 4 is 11.9 Å². The molecule has 2 aliphatic rings. The maximum atomic E-state index is 13.2. The third-order valence-corrected chi connectivity index (χ3v) is 6.59. The van der Waals surface area contributed by atoms with E-state index in [1.165, 1.54) is 25.0 Å². The number of aromatic nitrogens is 4. The molecule has 8 heteroatoms. The van der Waals surface area contributed by atoms with Gasteiger partial charge in [0.2, 0.25) is 11.9 Å². The summed E-state index contributed by atoms with van der Waals surface area (Å²) in [5.74, 6) is 0.712. The summed E-state index contributed by atoms with van der Waals surface area (Å²) in [6.45, 7) is 3.37. The van der Waals surface area contributed by atoms with Crippen LogP contribution in [0, 0.1) is 5.82 Å². The zero-order valence-corrected chi connectivity index (χ0v) is 19.0. The molecule has 0 bridgehead atoms. The first-order valence-corrected chi connectivity index (χ1v) is 11.7. The van der Waals surface area contributed by atoms with Crippen LogP contribution in [0.2, 0.25) is 0 Å². The van der Waals surface area contributed by atoms with Gasteiger partial charge in [0.05, 0.1) is 17.8 Å². The van der Waals surface area contributed by atoms with Gasteiger partial charge in [-0.25, -0.2) is 14.4 Å². The summed E-state index contributed by atoms with van der Waals surface area (Å²) in [7, 11) is 1.93. The quantitative estimate of drug-likeness (QED) is 0.597. The molecule has 2 fully saturated rings. The normalized spacial score (nSPS) is 18.7. The molecule has 5 rings (SSSR count). The number of hydrogen-bond acceptors (Lipinski definition) is 5. The molecule has 2 saturated heterocycles. The first kappa shape index (κ1) is 21.6. The Labute approximate surface area is 193 Å². The third kappa shape index (κ3) is 4.74. The van der Waals surface area contributed by atoms with Gasteiger partial charge in [0.15, 0.2) is 0 Å². The monoisotopic (exact) mass is 448 g/mol. The number of benzene rings is 1. The molecule has 1 amide bonds. The van der Waals surface area contributed by atoms with Crippen molar-refractivity contribution in [3.8, 4) is 11.3 Å². The van der Waals surface area contributed by atoms with E-state index in [2.05, 4.69) is 9.88 Å². The van der Waals surface area contributed by atoms with E-state index in [0.717, 1.165) is 60.9 Å². The van der Waals surface area contributed by atoms with Crippen molar-refractivity contribution < 1.29 is 9.18 Å². The van der Waals surface area contributed by atoms with Gasteiger partial charge in [-0.3, -0.25) is 9.48 Å². The van der Waals surface area contributed by atoms with E-state index in [4.69, 9.17) is 10.1 Å². The van der Waals surface area contributed by atoms with Crippen LogP contribution in [-0.4, -0.2) is 56.7 Å². The molecular formula is C25H29FN6O. The van der Waals surface area contributed by atoms with Crippen LogP contribution < -0.4 is 4.90 Å². The lowest BCUT2D eigenvalue weighted by atomic mass is 9.91. The smallest absolute Gasteiger partial charge is 0.227 e. The Morgan fingerprint density at radius 1 is 1.09 bits per heavy atom. The highest BCUT2D eigenvalue weighted by Gasteiger charge is 2.29. The summed E-state index contributed by atoms with van der Waals surface area (Å²) in [4.78, 5) is 26.5. The summed E-state index contributed by atoms with van der Waals surface area (Å²) < 4.78 is 15.0. The summed E-state index contributed by atoms with van der Waals surface area (Å²) in [6, 6.07) is 8.11. The first-order chi connectivity index (χ1) is 16.1. The van der Waals surface area contributed by atoms with Crippen LogP contribution in [0.25, 0.3) is 11.3 Å². The minimum Gasteiger partial charge on any atom is -0.342 e. The molecule has 33 heavy (non-hydrogen) atoms. The fraction of sp³-hybridized carbons (Fsp3) is 0.440. The number of rotatable bonds is 5. The summed E-state index contributed by atoms with van der Waals surface area (Å²) >= 11 is 0. The molecule has 0 unspecified atom stereocenters. The third-order valence-electron chi connectivity index (χ3n) is 6.59. The molecule has 0 N–H and O–H groups in total. The second-order valence-electron chi connectivity index (χ2n) is 9.02. The van der Waals surface area contributed by atoms with Crippen molar-refractivity contribution in [2.45, 2.75) is 38.0 Å². The molecule has 2 aromatic heterocycles. The van der Waals surface area contributed by atoms with Crippen LogP contribution in [0.1, 0.15) is 42.9 Å². The predicted molar refractivity (Wildman–Crippen MR) is 124 cm³/mol. The van der Waals surface area contributed by atoms with E-state index >= 15 is 0 Å². The van der Waals surface area contributed by atoms with Crippen LogP contribution >= 0.6 is 0 Å². The van der Waals surface area contributed by atoms with Gasteiger partial charge in [0.25, 0.3) is 0 Å². The summed E-state index contributed by atoms with van der Waals surface area (Å²) in [5, 5.41) is 4.79. The molecule has 1 atom stereocenters. The highest BCUT2D eigenvalue weighted by atomic mass is 19.1. The van der Waals surface area contributed by atoms with Crippen molar-refractivity contribution in [2.24, 2.45) is 7.05 Å². The number of carbonyl (C=O) groups excluding carboxylic acids is 1. The molecule has 1 aromatic carbocycles. The Bertz CT molecular complexity index is 1120. The first-order valence-electron chi connectivity index (χ1n) is 11.7. The van der Waals surface area contributed by atoms with Gasteiger partial charge in [0.1, 0.15) is 5.82 Å². The van der Waals surface area contributed by atoms with Gasteiger partial charge in [0, 0.05) is 57.1 Å². The van der Waals surface area contributed by atoms with E-state index in [9.17, 15) is 9.18 Å². The van der Waals surface area contributed by atoms with Crippen LogP contribution in [-0.2, 0) is 18.3 Å². The molecule has 2 aliphatic heterocycles. The number of anilines is 1. The molecule has 4 heterocycles. The highest BCUT2D eigenvalue weighted by Crippen LogP contribution is 2.33. The molecule has 7 nitrogen and oxygen atoms in total. The van der Waals surface area contributed by atoms with Crippen LogP contribution in [0.15, 0.2) is 42.7 Å². The van der Waals surface area contributed by atoms with Gasteiger partial charge in [-0.1, -0.05) is 12.1 Å². The molecule has 0 aliphatic carbocycles. The average Bonchev–Trinajstić information content (AvgIpc) is 3.51. The molecule has 3 aromatic rings. The SMILES string of the molecule is Cn1cc(-c2ccnc(N3CCCC3)n2)c([C@@H]2CCCN(C(=O)Cc3ccc(F)cc3)C2)n1. The second kappa shape index (κ2) is 9.29. The zero-order chi connectivity index (χ0) is 22.8. The van der Waals surface area contributed by atoms with Crippen LogP contribution in [0.4, 0.5) is 10.3 Å². The maximum absolute atomic E-state index is 13.2. The van der Waals surface area contributed by atoms with Gasteiger partial charge < -0.3 is 9.80 Å². The lowest BCUT2D eigenvalue weighted by Crippen LogP contribution is -2.40. The Morgan fingerprint density at radius 2 is 1.88 bits per heavy atom. The topological polar surface area (TPSA) is 67.2 Å². The number of carbonyl (C=O) groups is 1. The number of nitrogens with zero attached hydrogens (tertiary/aromatic N) is 6. The van der Waals surface area contributed by atoms with Crippen molar-refractivity contribution in [1.29, 1.82) is 0 Å². The van der Waals surface area contributed by atoms with Crippen LogP contribution in [0.3, 0.4) is 0 Å². The van der Waals surface area contributed by atoms with E-state index in [0.29, 0.717) is 6.54 Å². The number of likely N-dealkylation sites (tertiary alicyclic amines) is 1. The van der Waals surface area contributed by atoms with E-state index in [1.54, 1.807) is 12.1 Å². The lowest BCUT2D eigenvalue weighted by Gasteiger charge is -2.32. The van der Waals surface area contributed by atoms with Gasteiger partial charge in [-0.2, -0.15) is 5.10 Å². The minimum atomic E-state index is -0.287. The second-order valence-corrected chi connectivity index (χ2v) is 9.02. The molecule has 0 spiro atoms. The number of halogens is 1. The Balaban J connectivity index is 1.35. The number of aryl methyl sites for hydroxylation is 1. The number of hydrogen-bond donors (Lipinski definition) is 0. The molecule has 0 radical (unpaired) electrons. The van der Waals surface area contributed by atoms with E-state index < -0.39 is 0 Å². The van der Waals surface area contributed by atoms with Crippen LogP contribution in [0.5, 0.6) is 0 Å². The summed E-state index contributed by atoms with van der Waals surface area (Å²) in [5.41, 5.74) is 3.71. The standard InChI is InChI=1S/C25H29FN6O/c1-30-17-21(22-10-11-27-25(28-22)31-12-2-3-13-31)24(29-30)19-5-4-14-32(16-19)23(33)15-18-6-8-20(26)9-7-18/h6-11,17,19H,2-5,12-16H2,1H3/t19-/m1/s1. The highest BCUT2D eigenvalue weighted by molar-refractivity contribution is 5.79. The van der Waals surface area contributed by atoms with E-state index in [1.807, 2.05) is 35.1 Å². The fourth-order valence-electron chi connectivity index (χ4n) is 4.89. The number of piperidine rings is 1. The lowest BCUT2D eigenvalue weighted by molar-refractivity contribution is -0.131. The Kier molecular flexibility index (Phi) is 6.07. The van der Waals surface area contributed by atoms with Crippen molar-refractivity contribution in [3.63, 3.8) is 0 Å². The van der Waals surface area contributed by atoms with Gasteiger partial charge in [-0.15, -0.1) is 0 Å². The summed E-state index contributed by atoms with van der Waals surface area (Å²) in [6.07, 6.45) is 8.39. The van der Waals surface area contributed by atoms with Crippen molar-refractivity contribution in [3.05, 3.63) is 59.8 Å². The maximum Gasteiger partial charge on any atom is 0.227 e. The minimum absolute atomic E-state index is 0.0714. The molecule has 172 valence electrons. The Hall–Kier alpha value is -3.29. The Morgan fingerprint density at radius 3 is 2.67 bits per heavy atom. The molecular weight excluding hydrogens is 419 g/mol. The number of amides is 1. The molecule has 0 saturated carbocycles. The average molecular weight is 449 g/mol. The van der Waals surface area contributed by atoms with Crippen molar-refractivity contribution in [2.75, 3.05) is 31.1 Å². The zero-order valence-electron chi connectivity index (χ0n) is 19.0. The largest absolute Gasteiger partial charge is 0.342 e. The predicted octanol–water partition coefficient (Wildman–Crippen LogP) is 3.57.